The van der Waals surface area contributed by atoms with Crippen LogP contribution in [-0.2, 0) is 11.2 Å². The van der Waals surface area contributed by atoms with E-state index in [9.17, 15) is 19.8 Å². The predicted octanol–water partition coefficient (Wildman–Crippen LogP) is 1.69. The second-order valence-electron chi connectivity index (χ2n) is 8.40. The molecule has 1 aliphatic rings. The Morgan fingerprint density at radius 1 is 1.13 bits per heavy atom. The predicted molar refractivity (Wildman–Crippen MR) is 117 cm³/mol. The zero-order valence-corrected chi connectivity index (χ0v) is 18.4. The van der Waals surface area contributed by atoms with Crippen LogP contribution in [0, 0.1) is 5.92 Å². The van der Waals surface area contributed by atoms with Gasteiger partial charge in [-0.25, -0.2) is 4.79 Å². The average molecular weight is 421 g/mol. The van der Waals surface area contributed by atoms with Gasteiger partial charge in [0.05, 0.1) is 0 Å². The number of amides is 2. The maximum atomic E-state index is 13.3. The molecule has 168 valence electrons. The summed E-state index contributed by atoms with van der Waals surface area (Å²) >= 11 is 0. The fourth-order valence-electron chi connectivity index (χ4n) is 3.57. The molecule has 1 fully saturated rings. The fourth-order valence-corrected chi connectivity index (χ4v) is 3.57. The van der Waals surface area contributed by atoms with E-state index in [1.807, 2.05) is 0 Å². The minimum atomic E-state index is -1.08. The first-order chi connectivity index (χ1) is 14.3. The topological polar surface area (TPSA) is 96.4 Å². The van der Waals surface area contributed by atoms with Gasteiger partial charge in [0, 0.05) is 59.3 Å². The molecule has 1 atom stereocenters. The van der Waals surface area contributed by atoms with Gasteiger partial charge >= 0.3 is 6.09 Å². The van der Waals surface area contributed by atoms with E-state index >= 15 is 0 Å². The van der Waals surface area contributed by atoms with Gasteiger partial charge in [0.2, 0.25) is 5.91 Å². The van der Waals surface area contributed by atoms with Crippen LogP contribution in [0.15, 0.2) is 24.3 Å². The van der Waals surface area contributed by atoms with Crippen LogP contribution in [-0.4, -0.2) is 95.8 Å². The molecule has 1 saturated heterocycles. The summed E-state index contributed by atoms with van der Waals surface area (Å²) in [5.41, 5.74) is 0.817. The lowest BCUT2D eigenvalue weighted by atomic mass is 10.0. The Balaban J connectivity index is 2.17. The molecular weight excluding hydrogens is 384 g/mol. The number of nitrogens with zero attached hydrogens (tertiary/aromatic N) is 3. The number of piperazine rings is 1. The molecule has 2 amide bonds. The number of nitrogens with one attached hydrogen (secondary N) is 1. The normalized spacial score (nSPS) is 15.7. The van der Waals surface area contributed by atoms with E-state index in [2.05, 4.69) is 24.1 Å². The lowest BCUT2D eigenvalue weighted by Crippen LogP contribution is -2.54. The smallest absolute Gasteiger partial charge is 0.408 e. The van der Waals surface area contributed by atoms with Crippen molar-refractivity contribution in [1.82, 2.24) is 20.0 Å². The molecule has 0 unspecified atom stereocenters. The van der Waals surface area contributed by atoms with E-state index in [1.54, 1.807) is 36.2 Å². The van der Waals surface area contributed by atoms with Gasteiger partial charge in [0.15, 0.2) is 0 Å². The number of aromatic hydroxyl groups is 1. The highest BCUT2D eigenvalue weighted by Crippen LogP contribution is 2.16. The molecule has 1 aromatic carbocycles. The monoisotopic (exact) mass is 420 g/mol. The van der Waals surface area contributed by atoms with Gasteiger partial charge in [-0.05, 0) is 30.0 Å². The molecule has 1 aromatic rings. The zero-order chi connectivity index (χ0) is 22.1. The molecule has 2 rings (SSSR count). The standard InChI is InChI=1S/C22H36N4O4/c1-17(2)8-11-24(3)21(28)20(16-18-4-6-19(27)7-5-18)26(22(29)30)15-14-25-12-9-23-10-13-25/h4-7,17,20,23,27H,8-16H2,1-3H3,(H,29,30)/t20-/m0/s1. The molecule has 0 aromatic heterocycles. The number of carbonyl (C=O) groups is 2. The molecule has 0 radical (unpaired) electrons. The molecule has 1 heterocycles. The van der Waals surface area contributed by atoms with Gasteiger partial charge in [-0.2, -0.15) is 0 Å². The molecule has 0 bridgehead atoms. The Kier molecular flexibility index (Phi) is 9.39. The summed E-state index contributed by atoms with van der Waals surface area (Å²) in [4.78, 5) is 30.6. The van der Waals surface area contributed by atoms with E-state index in [0.29, 0.717) is 19.0 Å². The molecule has 8 heteroatoms. The fraction of sp³-hybridized carbons (Fsp3) is 0.636. The number of benzene rings is 1. The van der Waals surface area contributed by atoms with Crippen LogP contribution in [0.2, 0.25) is 0 Å². The second kappa shape index (κ2) is 11.8. The van der Waals surface area contributed by atoms with Crippen molar-refractivity contribution < 1.29 is 19.8 Å². The number of carboxylic acid groups (broad SMARTS) is 1. The van der Waals surface area contributed by atoms with Crippen molar-refractivity contribution in [2.24, 2.45) is 5.92 Å². The third-order valence-corrected chi connectivity index (χ3v) is 5.56. The molecule has 1 aliphatic heterocycles. The summed E-state index contributed by atoms with van der Waals surface area (Å²) < 4.78 is 0. The maximum Gasteiger partial charge on any atom is 0.408 e. The highest BCUT2D eigenvalue weighted by molar-refractivity contribution is 5.85. The number of likely N-dealkylation sites (N-methyl/N-ethyl adjacent to an activating group) is 1. The Hall–Kier alpha value is -2.32. The zero-order valence-electron chi connectivity index (χ0n) is 18.4. The summed E-state index contributed by atoms with van der Waals surface area (Å²) in [7, 11) is 1.74. The van der Waals surface area contributed by atoms with Gasteiger partial charge in [0.1, 0.15) is 11.8 Å². The summed E-state index contributed by atoms with van der Waals surface area (Å²) in [5.74, 6) is 0.412. The molecular formula is C22H36N4O4. The maximum absolute atomic E-state index is 13.3. The van der Waals surface area contributed by atoms with Crippen molar-refractivity contribution in [2.45, 2.75) is 32.7 Å². The SMILES string of the molecule is CC(C)CCN(C)C(=O)[C@H](Cc1ccc(O)cc1)N(CCN1CCNCC1)C(=O)O. The number of rotatable bonds is 10. The summed E-state index contributed by atoms with van der Waals surface area (Å²) in [5, 5.41) is 22.8. The number of hydrogen-bond donors (Lipinski definition) is 3. The van der Waals surface area contributed by atoms with Crippen molar-refractivity contribution in [1.29, 1.82) is 0 Å². The Morgan fingerprint density at radius 3 is 2.33 bits per heavy atom. The van der Waals surface area contributed by atoms with Gasteiger partial charge in [-0.3, -0.25) is 14.6 Å². The number of phenolic OH excluding ortho intramolecular Hbond substituents is 1. The number of hydrogen-bond acceptors (Lipinski definition) is 5. The lowest BCUT2D eigenvalue weighted by molar-refractivity contribution is -0.135. The third-order valence-electron chi connectivity index (χ3n) is 5.56. The Labute approximate surface area is 179 Å². The number of carbonyl (C=O) groups excluding carboxylic acids is 1. The van der Waals surface area contributed by atoms with Crippen LogP contribution >= 0.6 is 0 Å². The first kappa shape index (κ1) is 24.0. The first-order valence-corrected chi connectivity index (χ1v) is 10.7. The van der Waals surface area contributed by atoms with Crippen LogP contribution < -0.4 is 5.32 Å². The van der Waals surface area contributed by atoms with Gasteiger partial charge in [-0.1, -0.05) is 26.0 Å². The minimum absolute atomic E-state index is 0.143. The summed E-state index contributed by atoms with van der Waals surface area (Å²) in [6.07, 6.45) is 0.0561. The van der Waals surface area contributed by atoms with Crippen molar-refractivity contribution >= 4 is 12.0 Å². The average Bonchev–Trinajstić information content (AvgIpc) is 2.72. The second-order valence-corrected chi connectivity index (χ2v) is 8.40. The van der Waals surface area contributed by atoms with E-state index in [-0.39, 0.29) is 24.6 Å². The highest BCUT2D eigenvalue weighted by Gasteiger charge is 2.32. The van der Waals surface area contributed by atoms with E-state index < -0.39 is 12.1 Å². The van der Waals surface area contributed by atoms with Crippen molar-refractivity contribution in [3.05, 3.63) is 29.8 Å². The Morgan fingerprint density at radius 2 is 1.77 bits per heavy atom. The van der Waals surface area contributed by atoms with Crippen LogP contribution in [0.1, 0.15) is 25.8 Å². The van der Waals surface area contributed by atoms with Crippen molar-refractivity contribution in [3.8, 4) is 5.75 Å². The minimum Gasteiger partial charge on any atom is -0.508 e. The first-order valence-electron chi connectivity index (χ1n) is 10.7. The molecule has 0 saturated carbocycles. The van der Waals surface area contributed by atoms with Gasteiger partial charge in [0.25, 0.3) is 0 Å². The van der Waals surface area contributed by atoms with Crippen LogP contribution in [0.4, 0.5) is 4.79 Å². The van der Waals surface area contributed by atoms with Crippen LogP contribution in [0.3, 0.4) is 0 Å². The largest absolute Gasteiger partial charge is 0.508 e. The summed E-state index contributed by atoms with van der Waals surface area (Å²) in [6, 6.07) is 5.79. The van der Waals surface area contributed by atoms with Gasteiger partial charge < -0.3 is 20.4 Å². The molecule has 30 heavy (non-hydrogen) atoms. The number of phenols is 1. The third kappa shape index (κ3) is 7.50. The summed E-state index contributed by atoms with van der Waals surface area (Å²) in [6.45, 7) is 9.20. The molecule has 0 spiro atoms. The van der Waals surface area contributed by atoms with Crippen molar-refractivity contribution in [3.63, 3.8) is 0 Å². The van der Waals surface area contributed by atoms with E-state index in [0.717, 1.165) is 38.2 Å². The van der Waals surface area contributed by atoms with Crippen molar-refractivity contribution in [2.75, 3.05) is 52.9 Å². The van der Waals surface area contributed by atoms with Crippen LogP contribution in [0.25, 0.3) is 0 Å². The van der Waals surface area contributed by atoms with E-state index in [4.69, 9.17) is 0 Å². The van der Waals surface area contributed by atoms with Crippen LogP contribution in [0.5, 0.6) is 5.75 Å². The Bertz CT molecular complexity index is 674. The molecule has 0 aliphatic carbocycles. The lowest BCUT2D eigenvalue weighted by Gasteiger charge is -2.34. The molecule has 3 N–H and O–H groups in total. The quantitative estimate of drug-likeness (QED) is 0.533. The van der Waals surface area contributed by atoms with E-state index in [1.165, 1.54) is 4.90 Å². The highest BCUT2D eigenvalue weighted by atomic mass is 16.4. The van der Waals surface area contributed by atoms with Gasteiger partial charge in [-0.15, -0.1) is 0 Å². The molecule has 8 nitrogen and oxygen atoms in total.